The van der Waals surface area contributed by atoms with Crippen molar-refractivity contribution in [3.05, 3.63) is 0 Å². The lowest BCUT2D eigenvalue weighted by Crippen LogP contribution is -2.47. The Hall–Kier alpha value is -1.14. The topological polar surface area (TPSA) is 84.7 Å². The van der Waals surface area contributed by atoms with E-state index in [1.165, 1.54) is 5.06 Å². The summed E-state index contributed by atoms with van der Waals surface area (Å²) in [6.07, 6.45) is 7.09. The van der Waals surface area contributed by atoms with Crippen LogP contribution in [0.2, 0.25) is 0 Å². The van der Waals surface area contributed by atoms with E-state index in [1.807, 2.05) is 6.92 Å². The van der Waals surface area contributed by atoms with Crippen LogP contribution in [0.1, 0.15) is 65.7 Å². The van der Waals surface area contributed by atoms with Gasteiger partial charge >= 0.3 is 0 Å². The lowest BCUT2D eigenvalue weighted by Gasteiger charge is -2.32. The molecule has 0 aliphatic rings. The van der Waals surface area contributed by atoms with Gasteiger partial charge in [-0.2, -0.15) is 0 Å². The fraction of sp³-hybridized carbons (Fsp3) is 0.875. The predicted octanol–water partition coefficient (Wildman–Crippen LogP) is 2.18. The van der Waals surface area contributed by atoms with E-state index in [1.54, 1.807) is 0 Å². The molecule has 0 bridgehead atoms. The zero-order chi connectivity index (χ0) is 16.8. The summed E-state index contributed by atoms with van der Waals surface area (Å²) in [7, 11) is 0. The molecule has 0 saturated heterocycles. The zero-order valence-electron chi connectivity index (χ0n) is 14.3. The second kappa shape index (κ2) is 13.5. The number of hydroxylamine groups is 2. The van der Waals surface area contributed by atoms with Crippen LogP contribution in [-0.4, -0.2) is 36.7 Å². The van der Waals surface area contributed by atoms with Crippen molar-refractivity contribution in [2.24, 2.45) is 11.7 Å². The van der Waals surface area contributed by atoms with E-state index in [-0.39, 0.29) is 24.5 Å². The fourth-order valence-corrected chi connectivity index (χ4v) is 2.50. The average molecular weight is 315 g/mol. The molecule has 0 spiro atoms. The van der Waals surface area contributed by atoms with Crippen molar-refractivity contribution in [1.82, 2.24) is 10.4 Å². The molecule has 0 rings (SSSR count). The number of hydrogen-bond donors (Lipinski definition) is 2. The molecule has 3 N–H and O–H groups in total. The minimum absolute atomic E-state index is 0.101. The summed E-state index contributed by atoms with van der Waals surface area (Å²) in [6, 6.07) is -0.252. The van der Waals surface area contributed by atoms with E-state index in [0.29, 0.717) is 19.4 Å². The van der Waals surface area contributed by atoms with Gasteiger partial charge in [0.05, 0.1) is 25.2 Å². The summed E-state index contributed by atoms with van der Waals surface area (Å²) in [6.45, 7) is 6.75. The molecule has 6 nitrogen and oxygen atoms in total. The van der Waals surface area contributed by atoms with Crippen LogP contribution in [0, 0.1) is 5.92 Å². The van der Waals surface area contributed by atoms with Gasteiger partial charge in [0.15, 0.2) is 0 Å². The lowest BCUT2D eigenvalue weighted by molar-refractivity contribution is -0.195. The quantitative estimate of drug-likeness (QED) is 0.223. The van der Waals surface area contributed by atoms with E-state index >= 15 is 0 Å². The van der Waals surface area contributed by atoms with Crippen molar-refractivity contribution in [3.8, 4) is 0 Å². The summed E-state index contributed by atoms with van der Waals surface area (Å²) in [5.74, 6) is -0.386. The molecule has 0 aromatic rings. The van der Waals surface area contributed by atoms with Crippen molar-refractivity contribution in [2.75, 3.05) is 13.3 Å². The molecule has 0 aromatic heterocycles. The van der Waals surface area contributed by atoms with Gasteiger partial charge in [0.1, 0.15) is 0 Å². The number of unbranched alkanes of at least 4 members (excludes halogenated alkanes) is 3. The van der Waals surface area contributed by atoms with Crippen LogP contribution in [0.5, 0.6) is 0 Å². The zero-order valence-corrected chi connectivity index (χ0v) is 14.3. The van der Waals surface area contributed by atoms with Gasteiger partial charge in [-0.05, 0) is 19.3 Å². The van der Waals surface area contributed by atoms with Gasteiger partial charge in [-0.1, -0.05) is 46.5 Å². The molecule has 0 heterocycles. The maximum atomic E-state index is 12.3. The third-order valence-corrected chi connectivity index (χ3v) is 3.78. The normalized spacial score (nSPS) is 13.5. The van der Waals surface area contributed by atoms with Gasteiger partial charge in [0.25, 0.3) is 0 Å². The summed E-state index contributed by atoms with van der Waals surface area (Å²) in [5, 5.41) is 4.00. The number of hydrogen-bond acceptors (Lipinski definition) is 4. The van der Waals surface area contributed by atoms with E-state index < -0.39 is 0 Å². The van der Waals surface area contributed by atoms with Crippen LogP contribution in [0.25, 0.3) is 0 Å². The minimum Gasteiger partial charge on any atom is -0.343 e. The number of nitrogens with zero attached hydrogens (tertiary/aromatic N) is 1. The average Bonchev–Trinajstić information content (AvgIpc) is 2.52. The maximum Gasteiger partial charge on any atom is 0.233 e. The van der Waals surface area contributed by atoms with Crippen LogP contribution in [0.15, 0.2) is 0 Å². The molecule has 0 aromatic carbocycles. The Morgan fingerprint density at radius 2 is 1.91 bits per heavy atom. The molecule has 0 fully saturated rings. The van der Waals surface area contributed by atoms with Crippen molar-refractivity contribution in [2.45, 2.75) is 71.8 Å². The van der Waals surface area contributed by atoms with Crippen LogP contribution in [0.4, 0.5) is 0 Å². The highest BCUT2D eigenvalue weighted by molar-refractivity contribution is 5.79. The van der Waals surface area contributed by atoms with E-state index in [0.717, 1.165) is 38.5 Å². The summed E-state index contributed by atoms with van der Waals surface area (Å²) >= 11 is 0. The van der Waals surface area contributed by atoms with Crippen LogP contribution in [0.3, 0.4) is 0 Å². The molecule has 130 valence electrons. The summed E-state index contributed by atoms with van der Waals surface area (Å²) in [4.78, 5) is 29.2. The van der Waals surface area contributed by atoms with Crippen LogP contribution >= 0.6 is 0 Å². The SMILES string of the molecule is CCCCC[C@@H](C(=O)NCN)[C@@H](CC)N(C=O)OCCCC. The number of rotatable bonds is 14. The lowest BCUT2D eigenvalue weighted by atomic mass is 9.90. The second-order valence-corrected chi connectivity index (χ2v) is 5.48. The number of carbonyl (C=O) groups excluding carboxylic acids is 2. The molecule has 0 saturated carbocycles. The molecule has 0 aliphatic carbocycles. The molecular formula is C16H33N3O3. The van der Waals surface area contributed by atoms with Crippen molar-refractivity contribution in [3.63, 3.8) is 0 Å². The Morgan fingerprint density at radius 1 is 1.23 bits per heavy atom. The Kier molecular flexibility index (Phi) is 12.8. The van der Waals surface area contributed by atoms with Gasteiger partial charge in [-0.3, -0.25) is 14.4 Å². The van der Waals surface area contributed by atoms with E-state index in [2.05, 4.69) is 19.2 Å². The second-order valence-electron chi connectivity index (χ2n) is 5.48. The van der Waals surface area contributed by atoms with Gasteiger partial charge in [0, 0.05) is 0 Å². The summed E-state index contributed by atoms with van der Waals surface area (Å²) in [5.41, 5.74) is 5.42. The molecule has 6 heteroatoms. The Bertz CT molecular complexity index is 300. The molecule has 22 heavy (non-hydrogen) atoms. The molecule has 0 aliphatic heterocycles. The van der Waals surface area contributed by atoms with Gasteiger partial charge in [-0.25, -0.2) is 5.06 Å². The standard InChI is InChI=1S/C16H33N3O3/c1-4-7-9-10-14(16(21)18-12-17)15(6-3)19(13-20)22-11-8-5-2/h13-15H,4-12,17H2,1-3H3,(H,18,21)/t14-,15-/m1/s1. The highest BCUT2D eigenvalue weighted by atomic mass is 16.7. The number of nitrogens with one attached hydrogen (secondary N) is 1. The summed E-state index contributed by atoms with van der Waals surface area (Å²) < 4.78 is 0. The van der Waals surface area contributed by atoms with Gasteiger partial charge in [0.2, 0.25) is 12.3 Å². The molecule has 0 unspecified atom stereocenters. The van der Waals surface area contributed by atoms with Crippen LogP contribution in [-0.2, 0) is 14.4 Å². The molecule has 0 radical (unpaired) electrons. The Labute approximate surface area is 134 Å². The molecule has 2 atom stereocenters. The third kappa shape index (κ3) is 7.75. The molecule has 2 amide bonds. The first-order valence-electron chi connectivity index (χ1n) is 8.50. The minimum atomic E-state index is -0.285. The first-order chi connectivity index (χ1) is 10.7. The number of carbonyl (C=O) groups is 2. The molecular weight excluding hydrogens is 282 g/mol. The van der Waals surface area contributed by atoms with Crippen molar-refractivity contribution in [1.29, 1.82) is 0 Å². The van der Waals surface area contributed by atoms with E-state index in [9.17, 15) is 9.59 Å². The third-order valence-electron chi connectivity index (χ3n) is 3.78. The number of nitrogens with two attached hydrogens (primary N) is 1. The smallest absolute Gasteiger partial charge is 0.233 e. The van der Waals surface area contributed by atoms with Crippen molar-refractivity contribution < 1.29 is 14.4 Å². The predicted molar refractivity (Wildman–Crippen MR) is 87.7 cm³/mol. The van der Waals surface area contributed by atoms with Crippen molar-refractivity contribution >= 4 is 12.3 Å². The Morgan fingerprint density at radius 3 is 2.41 bits per heavy atom. The highest BCUT2D eigenvalue weighted by Gasteiger charge is 2.31. The highest BCUT2D eigenvalue weighted by Crippen LogP contribution is 2.21. The maximum absolute atomic E-state index is 12.3. The van der Waals surface area contributed by atoms with E-state index in [4.69, 9.17) is 10.6 Å². The number of amides is 2. The van der Waals surface area contributed by atoms with Crippen LogP contribution < -0.4 is 11.1 Å². The first-order valence-corrected chi connectivity index (χ1v) is 8.50. The van der Waals surface area contributed by atoms with Gasteiger partial charge < -0.3 is 11.1 Å². The first kappa shape index (κ1) is 20.9. The largest absolute Gasteiger partial charge is 0.343 e. The monoisotopic (exact) mass is 315 g/mol. The van der Waals surface area contributed by atoms with Gasteiger partial charge in [-0.15, -0.1) is 0 Å². The Balaban J connectivity index is 4.89. The fourth-order valence-electron chi connectivity index (χ4n) is 2.50.